The summed E-state index contributed by atoms with van der Waals surface area (Å²) < 4.78 is 5.17. The standard InChI is InChI=1S/C12H23P2.3C6H5.Sn/c1-7-11(3,4)9-13-10(14-9)12(5,6)8-2;3*1-2-4-6-5-3-1;/h13H,7-8H2,1-6H3;3*1-5H;. The van der Waals surface area contributed by atoms with Crippen molar-refractivity contribution in [1.29, 1.82) is 0 Å². The molecule has 0 aromatic heterocycles. The molecule has 3 heteroatoms. The Hall–Kier alpha value is -0.941. The van der Waals surface area contributed by atoms with Crippen molar-refractivity contribution in [3.05, 3.63) is 91.0 Å². The fourth-order valence-electron chi connectivity index (χ4n) is 5.28. The molecule has 2 unspecified atom stereocenters. The van der Waals surface area contributed by atoms with Crippen LogP contribution in [0.2, 0.25) is 0 Å². The van der Waals surface area contributed by atoms with Crippen LogP contribution in [0, 0.1) is 10.8 Å². The van der Waals surface area contributed by atoms with E-state index in [1.807, 2.05) is 0 Å². The third-order valence-corrected chi connectivity index (χ3v) is 35.3. The van der Waals surface area contributed by atoms with Crippen LogP contribution in [0.3, 0.4) is 0 Å². The van der Waals surface area contributed by atoms with Gasteiger partial charge in [-0.1, -0.05) is 0 Å². The molecule has 0 amide bonds. The molecular formula is C30H38P2Sn. The quantitative estimate of drug-likeness (QED) is 0.199. The van der Waals surface area contributed by atoms with Crippen molar-refractivity contribution in [1.82, 2.24) is 0 Å². The molecule has 0 saturated heterocycles. The normalized spacial score (nSPS) is 20.2. The Bertz CT molecular complexity index is 1010. The van der Waals surface area contributed by atoms with Gasteiger partial charge < -0.3 is 0 Å². The van der Waals surface area contributed by atoms with Gasteiger partial charge in [0.2, 0.25) is 0 Å². The van der Waals surface area contributed by atoms with Gasteiger partial charge >= 0.3 is 210 Å². The molecule has 0 bridgehead atoms. The van der Waals surface area contributed by atoms with Crippen LogP contribution >= 0.6 is 16.8 Å². The topological polar surface area (TPSA) is 0 Å². The van der Waals surface area contributed by atoms with Crippen molar-refractivity contribution < 1.29 is 0 Å². The summed E-state index contributed by atoms with van der Waals surface area (Å²) in [6.07, 6.45) is 2.42. The Balaban J connectivity index is 2.16. The molecule has 1 heterocycles. The molecule has 0 nitrogen and oxygen atoms in total. The average Bonchev–Trinajstić information content (AvgIpc) is 2.82. The second-order valence-corrected chi connectivity index (χ2v) is 28.3. The molecular weight excluding hydrogens is 541 g/mol. The first-order valence-electron chi connectivity index (χ1n) is 12.3. The van der Waals surface area contributed by atoms with Crippen LogP contribution in [0.4, 0.5) is 0 Å². The SMILES string of the molecule is CCC(C)(C)C1=P[C](C(C)(C)CC)([Sn]([c]2ccccc2)([c]2ccccc2)[c]2ccccc2)P1. The Morgan fingerprint density at radius 3 is 1.33 bits per heavy atom. The molecule has 33 heavy (non-hydrogen) atoms. The second kappa shape index (κ2) is 9.60. The summed E-state index contributed by atoms with van der Waals surface area (Å²) >= 11 is -3.52. The molecule has 0 N–H and O–H groups in total. The van der Waals surface area contributed by atoms with E-state index in [0.29, 0.717) is 8.33 Å². The van der Waals surface area contributed by atoms with Gasteiger partial charge in [-0.25, -0.2) is 0 Å². The maximum atomic E-state index is 2.57. The van der Waals surface area contributed by atoms with Crippen LogP contribution in [0.1, 0.15) is 54.4 Å². The van der Waals surface area contributed by atoms with Gasteiger partial charge in [0, 0.05) is 0 Å². The van der Waals surface area contributed by atoms with Crippen molar-refractivity contribution in [3.8, 4) is 0 Å². The van der Waals surface area contributed by atoms with Gasteiger partial charge in [-0.3, -0.25) is 0 Å². The molecule has 172 valence electrons. The number of benzene rings is 3. The van der Waals surface area contributed by atoms with Crippen molar-refractivity contribution in [3.63, 3.8) is 0 Å². The summed E-state index contributed by atoms with van der Waals surface area (Å²) in [6.45, 7) is 14.9. The first kappa shape index (κ1) is 25.2. The molecule has 0 spiro atoms. The number of hydrogen-bond acceptors (Lipinski definition) is 0. The Labute approximate surface area is 209 Å². The van der Waals surface area contributed by atoms with Crippen molar-refractivity contribution in [2.24, 2.45) is 10.8 Å². The second-order valence-electron chi connectivity index (χ2n) is 10.6. The van der Waals surface area contributed by atoms with Gasteiger partial charge in [-0.05, 0) is 0 Å². The zero-order chi connectivity index (χ0) is 23.7. The van der Waals surface area contributed by atoms with Crippen LogP contribution in [-0.2, 0) is 0 Å². The Morgan fingerprint density at radius 2 is 1.03 bits per heavy atom. The minimum atomic E-state index is -3.52. The third-order valence-electron chi connectivity index (χ3n) is 8.13. The average molecular weight is 579 g/mol. The summed E-state index contributed by atoms with van der Waals surface area (Å²) in [5.41, 5.74) is 0.562. The Morgan fingerprint density at radius 1 is 0.667 bits per heavy atom. The van der Waals surface area contributed by atoms with Gasteiger partial charge in [-0.2, -0.15) is 0 Å². The van der Waals surface area contributed by atoms with Crippen molar-refractivity contribution >= 4 is 50.9 Å². The zero-order valence-electron chi connectivity index (χ0n) is 21.0. The van der Waals surface area contributed by atoms with Gasteiger partial charge in [-0.15, -0.1) is 0 Å². The molecule has 3 aromatic rings. The van der Waals surface area contributed by atoms with Crippen LogP contribution < -0.4 is 10.7 Å². The Kier molecular flexibility index (Phi) is 7.32. The van der Waals surface area contributed by atoms with E-state index in [-0.39, 0.29) is 5.41 Å². The van der Waals surface area contributed by atoms with Crippen LogP contribution in [0.25, 0.3) is 0 Å². The molecule has 3 aromatic carbocycles. The predicted molar refractivity (Wildman–Crippen MR) is 155 cm³/mol. The van der Waals surface area contributed by atoms with E-state index >= 15 is 0 Å². The summed E-state index contributed by atoms with van der Waals surface area (Å²) in [4.78, 5) is 0. The number of hydrogen-bond donors (Lipinski definition) is 0. The fourth-order valence-corrected chi connectivity index (χ4v) is 37.8. The van der Waals surface area contributed by atoms with E-state index < -0.39 is 18.4 Å². The summed E-state index contributed by atoms with van der Waals surface area (Å²) in [5, 5.41) is 1.79. The summed E-state index contributed by atoms with van der Waals surface area (Å²) in [5.74, 6) is 0. The third kappa shape index (κ3) is 3.99. The van der Waals surface area contributed by atoms with Gasteiger partial charge in [0.1, 0.15) is 0 Å². The van der Waals surface area contributed by atoms with Crippen LogP contribution in [0.15, 0.2) is 91.0 Å². The number of rotatable bonds is 8. The van der Waals surface area contributed by atoms with E-state index in [1.165, 1.54) is 12.8 Å². The van der Waals surface area contributed by atoms with E-state index in [9.17, 15) is 0 Å². The molecule has 1 aliphatic rings. The van der Waals surface area contributed by atoms with Gasteiger partial charge in [0.05, 0.1) is 0 Å². The maximum absolute atomic E-state index is 3.52. The molecule has 2 atom stereocenters. The predicted octanol–water partition coefficient (Wildman–Crippen LogP) is 7.03. The molecule has 0 fully saturated rings. The van der Waals surface area contributed by atoms with Gasteiger partial charge in [0.25, 0.3) is 0 Å². The van der Waals surface area contributed by atoms with E-state index in [1.54, 1.807) is 24.0 Å². The van der Waals surface area contributed by atoms with Crippen molar-refractivity contribution in [2.45, 2.75) is 57.3 Å². The zero-order valence-corrected chi connectivity index (χ0v) is 25.8. The van der Waals surface area contributed by atoms with Crippen molar-refractivity contribution in [2.75, 3.05) is 0 Å². The monoisotopic (exact) mass is 580 g/mol. The van der Waals surface area contributed by atoms with Gasteiger partial charge in [0.15, 0.2) is 0 Å². The molecule has 1 aliphatic heterocycles. The fraction of sp³-hybridized carbons (Fsp3) is 0.367. The summed E-state index contributed by atoms with van der Waals surface area (Å²) in [7, 11) is 2.53. The first-order valence-corrected chi connectivity index (χ1v) is 19.9. The molecule has 4 rings (SSSR count). The van der Waals surface area contributed by atoms with E-state index in [2.05, 4.69) is 133 Å². The minimum absolute atomic E-state index is 0.248. The summed E-state index contributed by atoms with van der Waals surface area (Å²) in [6, 6.07) is 35.0. The van der Waals surface area contributed by atoms with Crippen LogP contribution in [0.5, 0.6) is 0 Å². The van der Waals surface area contributed by atoms with Crippen LogP contribution in [-0.4, -0.2) is 26.3 Å². The molecule has 0 radical (unpaired) electrons. The van der Waals surface area contributed by atoms with E-state index in [0.717, 1.165) is 8.58 Å². The first-order chi connectivity index (χ1) is 15.7. The molecule has 0 saturated carbocycles. The molecule has 0 aliphatic carbocycles. The van der Waals surface area contributed by atoms with E-state index in [4.69, 9.17) is 0 Å².